The van der Waals surface area contributed by atoms with Crippen LogP contribution in [0.5, 0.6) is 11.5 Å². The maximum atomic E-state index is 6.11. The molecule has 1 aromatic rings. The second kappa shape index (κ2) is 5.97. The van der Waals surface area contributed by atoms with E-state index >= 15 is 0 Å². The van der Waals surface area contributed by atoms with Crippen molar-refractivity contribution in [3.63, 3.8) is 0 Å². The van der Waals surface area contributed by atoms with Gasteiger partial charge in [-0.3, -0.25) is 0 Å². The summed E-state index contributed by atoms with van der Waals surface area (Å²) in [7, 11) is 5.62. The molecule has 1 aromatic carbocycles. The Morgan fingerprint density at radius 3 is 2.75 bits per heavy atom. The number of benzene rings is 1. The number of methoxy groups -OCH3 is 2. The van der Waals surface area contributed by atoms with Gasteiger partial charge in [-0.05, 0) is 43.8 Å². The highest BCUT2D eigenvalue weighted by Crippen LogP contribution is 2.53. The van der Waals surface area contributed by atoms with Crippen LogP contribution in [0.25, 0.3) is 0 Å². The van der Waals surface area contributed by atoms with Gasteiger partial charge in [0.25, 0.3) is 0 Å². The van der Waals surface area contributed by atoms with E-state index < -0.39 is 0 Å². The van der Waals surface area contributed by atoms with Crippen molar-refractivity contribution in [2.24, 2.45) is 0 Å². The van der Waals surface area contributed by atoms with Crippen molar-refractivity contribution in [1.29, 1.82) is 0 Å². The fourth-order valence-corrected chi connectivity index (χ4v) is 5.58. The molecule has 0 N–H and O–H groups in total. The highest BCUT2D eigenvalue weighted by molar-refractivity contribution is 8.00. The van der Waals surface area contributed by atoms with E-state index in [1.54, 1.807) is 14.2 Å². The molecule has 0 radical (unpaired) electrons. The molecule has 24 heavy (non-hydrogen) atoms. The van der Waals surface area contributed by atoms with E-state index in [1.165, 1.54) is 5.56 Å². The Hall–Kier alpha value is -1.17. The zero-order valence-electron chi connectivity index (χ0n) is 14.6. The van der Waals surface area contributed by atoms with Gasteiger partial charge in [0.2, 0.25) is 0 Å². The Kier molecular flexibility index (Phi) is 4.06. The number of hydrogen-bond donors (Lipinski definition) is 0. The molecule has 3 atom stereocenters. The highest BCUT2D eigenvalue weighted by Gasteiger charge is 2.53. The van der Waals surface area contributed by atoms with E-state index in [4.69, 9.17) is 14.2 Å². The summed E-state index contributed by atoms with van der Waals surface area (Å²) in [5.41, 5.74) is 1.34. The highest BCUT2D eigenvalue weighted by atomic mass is 32.2. The summed E-state index contributed by atoms with van der Waals surface area (Å²) >= 11 is 1.94. The topological polar surface area (TPSA) is 30.9 Å². The second-order valence-electron chi connectivity index (χ2n) is 6.90. The smallest absolute Gasteiger partial charge is 0.161 e. The molecule has 3 unspecified atom stereocenters. The van der Waals surface area contributed by atoms with E-state index in [2.05, 4.69) is 36.2 Å². The normalized spacial score (nSPS) is 35.4. The molecule has 2 saturated heterocycles. The van der Waals surface area contributed by atoms with Gasteiger partial charge in [0, 0.05) is 23.6 Å². The Balaban J connectivity index is 1.77. The lowest BCUT2D eigenvalue weighted by atomic mass is 9.69. The van der Waals surface area contributed by atoms with Gasteiger partial charge in [-0.25, -0.2) is 0 Å². The molecule has 2 fully saturated rings. The first-order valence-electron chi connectivity index (χ1n) is 8.53. The van der Waals surface area contributed by atoms with Crippen LogP contribution in [0.2, 0.25) is 0 Å². The van der Waals surface area contributed by atoms with Crippen molar-refractivity contribution in [1.82, 2.24) is 4.90 Å². The molecule has 0 saturated carbocycles. The van der Waals surface area contributed by atoms with E-state index in [0.717, 1.165) is 43.2 Å². The van der Waals surface area contributed by atoms with Crippen molar-refractivity contribution in [3.8, 4) is 11.5 Å². The first-order chi connectivity index (χ1) is 11.6. The van der Waals surface area contributed by atoms with Gasteiger partial charge in [0.15, 0.2) is 11.5 Å². The predicted octanol–water partition coefficient (Wildman–Crippen LogP) is 3.07. The largest absolute Gasteiger partial charge is 0.493 e. The third-order valence-corrected chi connectivity index (χ3v) is 7.09. The minimum absolute atomic E-state index is 0.0338. The molecule has 4 rings (SSSR count). The molecule has 2 heterocycles. The first-order valence-corrected chi connectivity index (χ1v) is 9.52. The number of hydrogen-bond acceptors (Lipinski definition) is 5. The van der Waals surface area contributed by atoms with Crippen LogP contribution in [0.4, 0.5) is 0 Å². The maximum absolute atomic E-state index is 6.11. The minimum Gasteiger partial charge on any atom is -0.493 e. The van der Waals surface area contributed by atoms with Crippen LogP contribution in [0.15, 0.2) is 30.4 Å². The van der Waals surface area contributed by atoms with Crippen molar-refractivity contribution >= 4 is 11.8 Å². The molecule has 0 amide bonds. The lowest BCUT2D eigenvalue weighted by molar-refractivity contribution is 0.0486. The average Bonchev–Trinajstić information content (AvgIpc) is 3.21. The second-order valence-corrected chi connectivity index (χ2v) is 8.29. The lowest BCUT2D eigenvalue weighted by Crippen LogP contribution is -2.48. The predicted molar refractivity (Wildman–Crippen MR) is 97.2 cm³/mol. The number of nitrogens with zero attached hydrogens (tertiary/aromatic N) is 1. The summed E-state index contributed by atoms with van der Waals surface area (Å²) in [5.74, 6) is 2.67. The van der Waals surface area contributed by atoms with Crippen LogP contribution in [0, 0.1) is 0 Å². The quantitative estimate of drug-likeness (QED) is 0.785. The Morgan fingerprint density at radius 2 is 2.04 bits per heavy atom. The van der Waals surface area contributed by atoms with E-state index in [0.29, 0.717) is 6.04 Å². The zero-order valence-corrected chi connectivity index (χ0v) is 15.4. The summed E-state index contributed by atoms with van der Waals surface area (Å²) in [6, 6.07) is 6.82. The summed E-state index contributed by atoms with van der Waals surface area (Å²) < 4.78 is 17.1. The Bertz CT molecular complexity index is 656. The van der Waals surface area contributed by atoms with Crippen molar-refractivity contribution in [2.45, 2.75) is 29.2 Å². The summed E-state index contributed by atoms with van der Waals surface area (Å²) in [4.78, 5) is 2.37. The molecule has 3 aliphatic rings. The minimum atomic E-state index is -0.122. The molecule has 4 nitrogen and oxygen atoms in total. The number of likely N-dealkylation sites (N-methyl/N-ethyl adjacent to an activating group) is 1. The van der Waals surface area contributed by atoms with E-state index in [9.17, 15) is 0 Å². The van der Waals surface area contributed by atoms with Gasteiger partial charge in [-0.1, -0.05) is 12.1 Å². The molecular formula is C19H25NO3S. The van der Waals surface area contributed by atoms with Crippen LogP contribution in [-0.4, -0.2) is 56.0 Å². The number of rotatable bonds is 3. The standard InChI is InChI=1S/C19H25NO3S/c1-20-9-8-18(14-4-5-15(21-2)16(12-14)22-3)6-7-19(13-17(18)20)23-10-11-24-19/h4-7,12,17H,8-11,13H2,1-3H3. The fraction of sp³-hybridized carbons (Fsp3) is 0.579. The molecule has 1 spiro atoms. The number of fused-ring (bicyclic) bond motifs is 1. The van der Waals surface area contributed by atoms with Crippen molar-refractivity contribution in [2.75, 3.05) is 40.2 Å². The molecule has 0 bridgehead atoms. The third-order valence-electron chi connectivity index (χ3n) is 5.81. The van der Waals surface area contributed by atoms with Crippen molar-refractivity contribution in [3.05, 3.63) is 35.9 Å². The molecular weight excluding hydrogens is 322 g/mol. The summed E-state index contributed by atoms with van der Waals surface area (Å²) in [6.45, 7) is 1.96. The van der Waals surface area contributed by atoms with Crippen LogP contribution < -0.4 is 9.47 Å². The van der Waals surface area contributed by atoms with Gasteiger partial charge >= 0.3 is 0 Å². The molecule has 1 aliphatic carbocycles. The molecule has 2 aliphatic heterocycles. The van der Waals surface area contributed by atoms with Crippen molar-refractivity contribution < 1.29 is 14.2 Å². The van der Waals surface area contributed by atoms with Crippen LogP contribution in [0.3, 0.4) is 0 Å². The van der Waals surface area contributed by atoms with Crippen LogP contribution in [0.1, 0.15) is 18.4 Å². The maximum Gasteiger partial charge on any atom is 0.161 e. The van der Waals surface area contributed by atoms with Gasteiger partial charge in [-0.2, -0.15) is 0 Å². The zero-order chi connectivity index (χ0) is 16.8. The average molecular weight is 347 g/mol. The third kappa shape index (κ3) is 2.37. The molecule has 130 valence electrons. The summed E-state index contributed by atoms with van der Waals surface area (Å²) in [5, 5.41) is 0. The van der Waals surface area contributed by atoms with Gasteiger partial charge in [0.05, 0.1) is 20.8 Å². The fourth-order valence-electron chi connectivity index (χ4n) is 4.47. The van der Waals surface area contributed by atoms with Crippen LogP contribution >= 0.6 is 11.8 Å². The van der Waals surface area contributed by atoms with Gasteiger partial charge in [-0.15, -0.1) is 11.8 Å². The monoisotopic (exact) mass is 347 g/mol. The first kappa shape index (κ1) is 16.3. The van der Waals surface area contributed by atoms with Crippen LogP contribution in [-0.2, 0) is 10.2 Å². The Morgan fingerprint density at radius 1 is 1.21 bits per heavy atom. The number of likely N-dealkylation sites (tertiary alicyclic amines) is 1. The van der Waals surface area contributed by atoms with Gasteiger partial charge < -0.3 is 19.1 Å². The summed E-state index contributed by atoms with van der Waals surface area (Å²) in [6.07, 6.45) is 6.89. The van der Waals surface area contributed by atoms with E-state index in [-0.39, 0.29) is 10.3 Å². The van der Waals surface area contributed by atoms with Gasteiger partial charge in [0.1, 0.15) is 4.93 Å². The molecule has 5 heteroatoms. The van der Waals surface area contributed by atoms with E-state index in [1.807, 2.05) is 17.8 Å². The SMILES string of the molecule is COc1ccc(C23C=CC4(CC2N(C)CC3)OCCS4)cc1OC. The molecule has 0 aromatic heterocycles. The Labute approximate surface area is 148 Å². The number of ether oxygens (including phenoxy) is 3. The number of thioether (sulfide) groups is 1. The lowest BCUT2D eigenvalue weighted by Gasteiger charge is -2.44.